The molecule has 0 saturated heterocycles. The fraction of sp³-hybridized carbons (Fsp3) is 0.714. The normalized spacial score (nSPS) is 12.1. The van der Waals surface area contributed by atoms with E-state index >= 15 is 0 Å². The summed E-state index contributed by atoms with van der Waals surface area (Å²) < 4.78 is 14.1. The van der Waals surface area contributed by atoms with Crippen LogP contribution in [0, 0.1) is 13.8 Å². The second-order valence-electron chi connectivity index (χ2n) is 4.87. The maximum Gasteiger partial charge on any atom is 0.334 e. The Bertz CT molecular complexity index is 337. The summed E-state index contributed by atoms with van der Waals surface area (Å²) in [4.78, 5) is 0. The van der Waals surface area contributed by atoms with Gasteiger partial charge in [0.05, 0.1) is 0 Å². The zero-order valence-electron chi connectivity index (χ0n) is 12.5. The van der Waals surface area contributed by atoms with Crippen molar-refractivity contribution < 1.29 is 8.85 Å². The lowest BCUT2D eigenvalue weighted by molar-refractivity contribution is 0.188. The van der Waals surface area contributed by atoms with Crippen molar-refractivity contribution in [3.8, 4) is 0 Å². The molecule has 3 nitrogen and oxygen atoms in total. The quantitative estimate of drug-likeness (QED) is 0.673. The van der Waals surface area contributed by atoms with Gasteiger partial charge in [0, 0.05) is 31.1 Å². The third-order valence-corrected chi connectivity index (χ3v) is 6.39. The summed E-state index contributed by atoms with van der Waals surface area (Å²) in [5, 5.41) is 0. The van der Waals surface area contributed by atoms with Gasteiger partial charge in [-0.25, -0.2) is 0 Å². The van der Waals surface area contributed by atoms with Gasteiger partial charge in [-0.05, 0) is 58.8 Å². The molecule has 0 atom stereocenters. The van der Waals surface area contributed by atoms with E-state index in [-0.39, 0.29) is 0 Å². The van der Waals surface area contributed by atoms with Crippen molar-refractivity contribution in [2.75, 3.05) is 13.2 Å². The van der Waals surface area contributed by atoms with Crippen LogP contribution < -0.4 is 0 Å². The molecule has 0 spiro atoms. The molecule has 1 heterocycles. The van der Waals surface area contributed by atoms with E-state index in [1.807, 2.05) is 13.8 Å². The monoisotopic (exact) mass is 269 g/mol. The minimum atomic E-state index is -1.93. The molecule has 0 N–H and O–H groups in total. The predicted molar refractivity (Wildman–Crippen MR) is 78.2 cm³/mol. The Balaban J connectivity index is 2.48. The molecule has 18 heavy (non-hydrogen) atoms. The Morgan fingerprint density at radius 1 is 1.06 bits per heavy atom. The maximum absolute atomic E-state index is 5.86. The van der Waals surface area contributed by atoms with E-state index in [0.29, 0.717) is 0 Å². The first kappa shape index (κ1) is 15.5. The molecule has 4 heteroatoms. The van der Waals surface area contributed by atoms with Crippen LogP contribution in [0.3, 0.4) is 0 Å². The van der Waals surface area contributed by atoms with Gasteiger partial charge in [0.1, 0.15) is 0 Å². The molecule has 0 unspecified atom stereocenters. The van der Waals surface area contributed by atoms with Gasteiger partial charge in [-0.1, -0.05) is 0 Å². The largest absolute Gasteiger partial charge is 0.395 e. The topological polar surface area (TPSA) is 23.4 Å². The highest BCUT2D eigenvalue weighted by Crippen LogP contribution is 2.18. The summed E-state index contributed by atoms with van der Waals surface area (Å²) >= 11 is 0. The Hall–Kier alpha value is -0.583. The van der Waals surface area contributed by atoms with Crippen LogP contribution in [0.2, 0.25) is 12.6 Å². The first-order chi connectivity index (χ1) is 8.52. The standard InChI is InChI=1S/C14H27NO2Si/c1-6-16-18(5,17-7-2)12-8-11-15-13(3)9-10-14(15)4/h9-10H,6-8,11-12H2,1-5H3. The van der Waals surface area contributed by atoms with Gasteiger partial charge in [0.15, 0.2) is 0 Å². The van der Waals surface area contributed by atoms with Crippen LogP contribution in [0.1, 0.15) is 31.7 Å². The summed E-state index contributed by atoms with van der Waals surface area (Å²) in [6, 6.07) is 5.42. The van der Waals surface area contributed by atoms with Crippen LogP contribution in [-0.2, 0) is 15.4 Å². The lowest BCUT2D eigenvalue weighted by Crippen LogP contribution is -2.38. The molecule has 0 saturated carbocycles. The molecule has 1 aromatic rings. The smallest absolute Gasteiger partial charge is 0.334 e. The zero-order chi connectivity index (χ0) is 13.6. The van der Waals surface area contributed by atoms with E-state index in [1.165, 1.54) is 11.4 Å². The fourth-order valence-corrected chi connectivity index (χ4v) is 4.80. The maximum atomic E-state index is 5.86. The van der Waals surface area contributed by atoms with Crippen molar-refractivity contribution >= 4 is 8.56 Å². The number of hydrogen-bond acceptors (Lipinski definition) is 2. The second kappa shape index (κ2) is 7.12. The minimum absolute atomic E-state index is 0.754. The number of aromatic nitrogens is 1. The Kier molecular flexibility index (Phi) is 6.12. The second-order valence-corrected chi connectivity index (χ2v) is 8.22. The molecule has 0 bridgehead atoms. The van der Waals surface area contributed by atoms with Crippen molar-refractivity contribution in [3.05, 3.63) is 23.5 Å². The average molecular weight is 269 g/mol. The van der Waals surface area contributed by atoms with E-state index in [4.69, 9.17) is 8.85 Å². The highest BCUT2D eigenvalue weighted by Gasteiger charge is 2.29. The van der Waals surface area contributed by atoms with E-state index in [0.717, 1.165) is 32.2 Å². The van der Waals surface area contributed by atoms with Gasteiger partial charge < -0.3 is 13.4 Å². The van der Waals surface area contributed by atoms with Gasteiger partial charge in [0.2, 0.25) is 0 Å². The Morgan fingerprint density at radius 3 is 2.00 bits per heavy atom. The van der Waals surface area contributed by atoms with Gasteiger partial charge >= 0.3 is 8.56 Å². The summed E-state index contributed by atoms with van der Waals surface area (Å²) in [7, 11) is -1.93. The molecule has 0 aromatic carbocycles. The van der Waals surface area contributed by atoms with Crippen molar-refractivity contribution in [1.29, 1.82) is 0 Å². The third-order valence-electron chi connectivity index (χ3n) is 3.33. The summed E-state index contributed by atoms with van der Waals surface area (Å²) in [6.45, 7) is 13.2. The average Bonchev–Trinajstić information content (AvgIpc) is 2.61. The van der Waals surface area contributed by atoms with Gasteiger partial charge in [-0.15, -0.1) is 0 Å². The number of nitrogens with zero attached hydrogens (tertiary/aromatic N) is 1. The van der Waals surface area contributed by atoms with Crippen molar-refractivity contribution in [3.63, 3.8) is 0 Å². The van der Waals surface area contributed by atoms with Crippen LogP contribution in [0.4, 0.5) is 0 Å². The summed E-state index contributed by atoms with van der Waals surface area (Å²) in [6.07, 6.45) is 1.12. The Labute approximate surface area is 112 Å². The number of aryl methyl sites for hydroxylation is 2. The van der Waals surface area contributed by atoms with Crippen LogP contribution in [0.25, 0.3) is 0 Å². The molecule has 0 amide bonds. The number of hydrogen-bond donors (Lipinski definition) is 0. The van der Waals surface area contributed by atoms with Crippen LogP contribution in [0.15, 0.2) is 12.1 Å². The molecule has 0 fully saturated rings. The van der Waals surface area contributed by atoms with Gasteiger partial charge in [0.25, 0.3) is 0 Å². The molecule has 104 valence electrons. The Morgan fingerprint density at radius 2 is 1.56 bits per heavy atom. The SMILES string of the molecule is CCO[Si](C)(CCCn1c(C)ccc1C)OCC. The lowest BCUT2D eigenvalue weighted by atomic mass is 10.4. The zero-order valence-corrected chi connectivity index (χ0v) is 13.5. The first-order valence-electron chi connectivity index (χ1n) is 6.93. The molecule has 1 rings (SSSR count). The first-order valence-corrected chi connectivity index (χ1v) is 9.45. The van der Waals surface area contributed by atoms with E-state index in [2.05, 4.69) is 37.1 Å². The molecular weight excluding hydrogens is 242 g/mol. The highest BCUT2D eigenvalue weighted by molar-refractivity contribution is 6.66. The summed E-state index contributed by atoms with van der Waals surface area (Å²) in [5.74, 6) is 0. The number of rotatable bonds is 8. The molecule has 0 aliphatic carbocycles. The molecule has 0 aliphatic heterocycles. The molecule has 0 radical (unpaired) electrons. The van der Waals surface area contributed by atoms with Crippen molar-refractivity contribution in [2.24, 2.45) is 0 Å². The van der Waals surface area contributed by atoms with Gasteiger partial charge in [-0.2, -0.15) is 0 Å². The van der Waals surface area contributed by atoms with E-state index in [9.17, 15) is 0 Å². The lowest BCUT2D eigenvalue weighted by Gasteiger charge is -2.26. The highest BCUT2D eigenvalue weighted by atomic mass is 28.4. The molecule has 0 aliphatic rings. The van der Waals surface area contributed by atoms with Crippen molar-refractivity contribution in [1.82, 2.24) is 4.57 Å². The van der Waals surface area contributed by atoms with Crippen LogP contribution in [-0.4, -0.2) is 26.3 Å². The van der Waals surface area contributed by atoms with E-state index < -0.39 is 8.56 Å². The van der Waals surface area contributed by atoms with Crippen LogP contribution >= 0.6 is 0 Å². The molecular formula is C14H27NO2Si. The molecule has 1 aromatic heterocycles. The fourth-order valence-electron chi connectivity index (χ4n) is 2.41. The minimum Gasteiger partial charge on any atom is -0.395 e. The third kappa shape index (κ3) is 4.26. The van der Waals surface area contributed by atoms with Gasteiger partial charge in [-0.3, -0.25) is 0 Å². The van der Waals surface area contributed by atoms with Crippen molar-refractivity contribution in [2.45, 2.75) is 53.3 Å². The predicted octanol–water partition coefficient (Wildman–Crippen LogP) is 3.64. The van der Waals surface area contributed by atoms with Crippen LogP contribution in [0.5, 0.6) is 0 Å². The van der Waals surface area contributed by atoms with E-state index in [1.54, 1.807) is 0 Å². The summed E-state index contributed by atoms with van der Waals surface area (Å²) in [5.41, 5.74) is 2.67.